The van der Waals surface area contributed by atoms with Crippen LogP contribution in [0.4, 0.5) is 0 Å². The summed E-state index contributed by atoms with van der Waals surface area (Å²) in [5, 5.41) is 14.5. The zero-order valence-electron chi connectivity index (χ0n) is 15.7. The topological polar surface area (TPSA) is 116 Å². The van der Waals surface area contributed by atoms with Crippen LogP contribution in [0.5, 0.6) is 5.75 Å². The van der Waals surface area contributed by atoms with Gasteiger partial charge < -0.3 is 22.3 Å². The molecule has 140 valence electrons. The van der Waals surface area contributed by atoms with Crippen LogP contribution in [0.1, 0.15) is 50.8 Å². The molecular formula is C20H29N5O. The van der Waals surface area contributed by atoms with Gasteiger partial charge in [-0.25, -0.2) is 0 Å². The van der Waals surface area contributed by atoms with Gasteiger partial charge in [0, 0.05) is 28.6 Å². The zero-order chi connectivity index (χ0) is 19.3. The van der Waals surface area contributed by atoms with E-state index >= 15 is 0 Å². The fraction of sp³-hybridized carbons (Fsp3) is 0.350. The van der Waals surface area contributed by atoms with Gasteiger partial charge in [-0.05, 0) is 31.1 Å². The highest BCUT2D eigenvalue weighted by atomic mass is 16.3. The van der Waals surface area contributed by atoms with E-state index in [1.165, 1.54) is 0 Å². The van der Waals surface area contributed by atoms with E-state index in [0.717, 1.165) is 18.4 Å². The first-order chi connectivity index (χ1) is 12.4. The Kier molecular flexibility index (Phi) is 6.33. The number of hydrogen-bond donors (Lipinski definition) is 4. The number of para-hydroxylation sites is 1. The summed E-state index contributed by atoms with van der Waals surface area (Å²) in [5.74, 6) is 0.805. The Balaban J connectivity index is 2.37. The number of hydrogen-bond acceptors (Lipinski definition) is 5. The van der Waals surface area contributed by atoms with E-state index in [1.807, 2.05) is 10.9 Å². The van der Waals surface area contributed by atoms with Gasteiger partial charge >= 0.3 is 0 Å². The molecule has 7 N–H and O–H groups in total. The molecule has 0 saturated carbocycles. The number of phenolic OH excluding ortho intramolecular Hbond substituents is 1. The molecule has 1 heterocycles. The number of nitrogens with two attached hydrogens (primary N) is 3. The molecule has 2 aromatic rings. The van der Waals surface area contributed by atoms with Crippen molar-refractivity contribution >= 4 is 11.3 Å². The molecule has 0 spiro atoms. The Bertz CT molecular complexity index is 798. The van der Waals surface area contributed by atoms with Crippen molar-refractivity contribution in [2.45, 2.75) is 39.7 Å². The molecule has 1 atom stereocenters. The van der Waals surface area contributed by atoms with E-state index in [9.17, 15) is 5.11 Å². The number of rotatable bonds is 7. The van der Waals surface area contributed by atoms with Crippen LogP contribution in [0.25, 0.3) is 11.3 Å². The Morgan fingerprint density at radius 2 is 1.85 bits per heavy atom. The number of aromatic nitrogens is 2. The van der Waals surface area contributed by atoms with Crippen LogP contribution in [0.15, 0.2) is 48.6 Å². The van der Waals surface area contributed by atoms with Gasteiger partial charge in [-0.15, -0.1) is 0 Å². The largest absolute Gasteiger partial charge is 0.507 e. The molecule has 6 heteroatoms. The summed E-state index contributed by atoms with van der Waals surface area (Å²) in [6, 6.07) is 7.15. The summed E-state index contributed by atoms with van der Waals surface area (Å²) in [7, 11) is 0. The van der Waals surface area contributed by atoms with Crippen LogP contribution >= 0.6 is 0 Å². The van der Waals surface area contributed by atoms with E-state index in [2.05, 4.69) is 25.9 Å². The standard InChI is InChI=1S/C20H29N5O/c1-4-14(5-2)13(3)25-12-15(11-24-25)17(20(22)23)10-18(21)16-8-6-7-9-19(16)26/h6-14,26H,4-5,21-23H2,1-3H3/b18-10-. The Labute approximate surface area is 155 Å². The molecule has 0 aliphatic rings. The third-order valence-electron chi connectivity index (χ3n) is 4.89. The van der Waals surface area contributed by atoms with Crippen LogP contribution in [0.2, 0.25) is 0 Å². The average molecular weight is 355 g/mol. The van der Waals surface area contributed by atoms with Gasteiger partial charge in [-0.2, -0.15) is 5.10 Å². The summed E-state index contributed by atoms with van der Waals surface area (Å²) in [6.07, 6.45) is 7.53. The second kappa shape index (κ2) is 8.47. The maximum Gasteiger partial charge on any atom is 0.124 e. The van der Waals surface area contributed by atoms with Gasteiger partial charge in [0.25, 0.3) is 0 Å². The minimum atomic E-state index is 0.106. The van der Waals surface area contributed by atoms with E-state index in [4.69, 9.17) is 17.2 Å². The quantitative estimate of drug-likeness (QED) is 0.569. The first-order valence-electron chi connectivity index (χ1n) is 8.94. The second-order valence-corrected chi connectivity index (χ2v) is 6.51. The molecule has 0 saturated heterocycles. The molecule has 1 unspecified atom stereocenters. The summed E-state index contributed by atoms with van der Waals surface area (Å²) in [5.41, 5.74) is 20.2. The minimum Gasteiger partial charge on any atom is -0.507 e. The van der Waals surface area contributed by atoms with Crippen molar-refractivity contribution in [1.29, 1.82) is 0 Å². The number of benzene rings is 1. The first-order valence-corrected chi connectivity index (χ1v) is 8.94. The molecule has 1 aromatic heterocycles. The van der Waals surface area contributed by atoms with E-state index < -0.39 is 0 Å². The fourth-order valence-electron chi connectivity index (χ4n) is 3.17. The van der Waals surface area contributed by atoms with E-state index in [0.29, 0.717) is 22.8 Å². The lowest BCUT2D eigenvalue weighted by molar-refractivity contribution is 0.311. The Hall–Kier alpha value is -2.89. The molecule has 2 rings (SSSR count). The van der Waals surface area contributed by atoms with Crippen molar-refractivity contribution in [2.75, 3.05) is 0 Å². The first kappa shape index (κ1) is 19.4. The molecule has 0 bridgehead atoms. The van der Waals surface area contributed by atoms with Gasteiger partial charge in [-0.3, -0.25) is 4.68 Å². The lowest BCUT2D eigenvalue weighted by atomic mass is 9.96. The maximum absolute atomic E-state index is 9.98. The number of phenols is 1. The van der Waals surface area contributed by atoms with Crippen LogP contribution in [0.3, 0.4) is 0 Å². The molecule has 0 amide bonds. The van der Waals surface area contributed by atoms with E-state index in [1.54, 1.807) is 36.5 Å². The van der Waals surface area contributed by atoms with E-state index in [-0.39, 0.29) is 17.6 Å². The van der Waals surface area contributed by atoms with Crippen LogP contribution in [-0.2, 0) is 0 Å². The van der Waals surface area contributed by atoms with Gasteiger partial charge in [0.15, 0.2) is 0 Å². The van der Waals surface area contributed by atoms with Gasteiger partial charge in [0.05, 0.1) is 12.2 Å². The SMILES string of the molecule is CCC(CC)C(C)n1cc(C(/C=C(\N)c2ccccc2O)=C(N)N)cn1. The smallest absolute Gasteiger partial charge is 0.124 e. The predicted molar refractivity (Wildman–Crippen MR) is 107 cm³/mol. The molecule has 0 radical (unpaired) electrons. The molecule has 0 fully saturated rings. The monoisotopic (exact) mass is 355 g/mol. The molecule has 26 heavy (non-hydrogen) atoms. The van der Waals surface area contributed by atoms with Crippen molar-refractivity contribution in [3.63, 3.8) is 0 Å². The summed E-state index contributed by atoms with van der Waals surface area (Å²) < 4.78 is 1.94. The number of nitrogens with zero attached hydrogens (tertiary/aromatic N) is 2. The highest BCUT2D eigenvalue weighted by Gasteiger charge is 2.17. The second-order valence-electron chi connectivity index (χ2n) is 6.51. The third kappa shape index (κ3) is 4.20. The lowest BCUT2D eigenvalue weighted by Crippen LogP contribution is -2.16. The van der Waals surface area contributed by atoms with Gasteiger partial charge in [0.1, 0.15) is 11.6 Å². The van der Waals surface area contributed by atoms with Gasteiger partial charge in [-0.1, -0.05) is 38.8 Å². The Morgan fingerprint density at radius 3 is 2.42 bits per heavy atom. The molecule has 1 aromatic carbocycles. The minimum absolute atomic E-state index is 0.106. The average Bonchev–Trinajstić information content (AvgIpc) is 3.10. The summed E-state index contributed by atoms with van der Waals surface area (Å²) in [6.45, 7) is 6.54. The predicted octanol–water partition coefficient (Wildman–Crippen LogP) is 3.17. The summed E-state index contributed by atoms with van der Waals surface area (Å²) in [4.78, 5) is 0. The highest BCUT2D eigenvalue weighted by Crippen LogP contribution is 2.28. The zero-order valence-corrected chi connectivity index (χ0v) is 15.7. The number of aromatic hydroxyl groups is 1. The Morgan fingerprint density at radius 1 is 1.19 bits per heavy atom. The fourth-order valence-corrected chi connectivity index (χ4v) is 3.17. The van der Waals surface area contributed by atoms with Crippen molar-refractivity contribution in [3.05, 3.63) is 59.7 Å². The molecular weight excluding hydrogens is 326 g/mol. The molecule has 0 aliphatic carbocycles. The van der Waals surface area contributed by atoms with Crippen LogP contribution in [0, 0.1) is 5.92 Å². The maximum atomic E-state index is 9.98. The normalized spacial score (nSPS) is 13.0. The van der Waals surface area contributed by atoms with Crippen molar-refractivity contribution < 1.29 is 5.11 Å². The lowest BCUT2D eigenvalue weighted by Gasteiger charge is -2.21. The third-order valence-corrected chi connectivity index (χ3v) is 4.89. The molecule has 6 nitrogen and oxygen atoms in total. The van der Waals surface area contributed by atoms with Gasteiger partial charge in [0.2, 0.25) is 0 Å². The van der Waals surface area contributed by atoms with Crippen molar-refractivity contribution in [3.8, 4) is 5.75 Å². The van der Waals surface area contributed by atoms with Crippen molar-refractivity contribution in [1.82, 2.24) is 9.78 Å². The van der Waals surface area contributed by atoms with Crippen LogP contribution in [-0.4, -0.2) is 14.9 Å². The summed E-state index contributed by atoms with van der Waals surface area (Å²) >= 11 is 0. The van der Waals surface area contributed by atoms with Crippen molar-refractivity contribution in [2.24, 2.45) is 23.1 Å². The number of allylic oxidation sites excluding steroid dienone is 2. The molecule has 0 aliphatic heterocycles. The highest BCUT2D eigenvalue weighted by molar-refractivity contribution is 5.84. The van der Waals surface area contributed by atoms with Crippen LogP contribution < -0.4 is 17.2 Å².